The molecule has 1 aromatic carbocycles. The van der Waals surface area contributed by atoms with Gasteiger partial charge in [-0.15, -0.1) is 0 Å². The molecule has 0 radical (unpaired) electrons. The first-order chi connectivity index (χ1) is 10.1. The molecule has 0 aliphatic carbocycles. The quantitative estimate of drug-likeness (QED) is 0.917. The molecule has 0 saturated heterocycles. The molecule has 1 aromatic heterocycles. The maximum absolute atomic E-state index is 12.1. The topological polar surface area (TPSA) is 60.5 Å². The van der Waals surface area contributed by atoms with Crippen LogP contribution in [-0.2, 0) is 11.2 Å². The lowest BCUT2D eigenvalue weighted by Crippen LogP contribution is -2.15. The molecule has 1 amide bonds. The summed E-state index contributed by atoms with van der Waals surface area (Å²) in [6.07, 6.45) is 1.90. The van der Waals surface area contributed by atoms with Gasteiger partial charge in [0.05, 0.1) is 20.6 Å². The number of aromatic nitrogens is 1. The number of anilines is 1. The van der Waals surface area contributed by atoms with Gasteiger partial charge >= 0.3 is 0 Å². The van der Waals surface area contributed by atoms with Crippen molar-refractivity contribution in [2.45, 2.75) is 13.3 Å². The summed E-state index contributed by atoms with van der Waals surface area (Å²) in [7, 11) is 3.16. The van der Waals surface area contributed by atoms with E-state index in [1.54, 1.807) is 44.7 Å². The highest BCUT2D eigenvalue weighted by molar-refractivity contribution is 5.91. The van der Waals surface area contributed by atoms with Crippen molar-refractivity contribution in [3.63, 3.8) is 0 Å². The fourth-order valence-corrected chi connectivity index (χ4v) is 1.92. The first kappa shape index (κ1) is 14.8. The van der Waals surface area contributed by atoms with Crippen LogP contribution in [0.5, 0.6) is 11.5 Å². The highest BCUT2D eigenvalue weighted by atomic mass is 16.5. The van der Waals surface area contributed by atoms with Crippen molar-refractivity contribution in [1.82, 2.24) is 4.98 Å². The van der Waals surface area contributed by atoms with Crippen molar-refractivity contribution in [2.75, 3.05) is 19.5 Å². The van der Waals surface area contributed by atoms with Crippen LogP contribution in [0.2, 0.25) is 0 Å². The average molecular weight is 286 g/mol. The zero-order valence-electron chi connectivity index (χ0n) is 12.3. The van der Waals surface area contributed by atoms with Gasteiger partial charge in [-0.3, -0.25) is 4.79 Å². The fraction of sp³-hybridized carbons (Fsp3) is 0.250. The van der Waals surface area contributed by atoms with E-state index in [1.807, 2.05) is 13.0 Å². The van der Waals surface area contributed by atoms with Gasteiger partial charge in [0.15, 0.2) is 0 Å². The molecule has 0 atom stereocenters. The summed E-state index contributed by atoms with van der Waals surface area (Å²) >= 11 is 0. The second-order valence-corrected chi connectivity index (χ2v) is 4.62. The number of amides is 1. The van der Waals surface area contributed by atoms with Gasteiger partial charge in [-0.05, 0) is 36.8 Å². The number of aryl methyl sites for hydroxylation is 1. The molecule has 1 heterocycles. The van der Waals surface area contributed by atoms with Gasteiger partial charge in [0.2, 0.25) is 5.91 Å². The molecule has 0 unspecified atom stereocenters. The van der Waals surface area contributed by atoms with Crippen LogP contribution < -0.4 is 14.8 Å². The molecule has 0 spiro atoms. The first-order valence-corrected chi connectivity index (χ1v) is 6.56. The average Bonchev–Trinajstić information content (AvgIpc) is 2.49. The zero-order chi connectivity index (χ0) is 15.2. The minimum atomic E-state index is -0.155. The number of benzene rings is 1. The monoisotopic (exact) mass is 286 g/mol. The summed E-state index contributed by atoms with van der Waals surface area (Å²) in [5.41, 5.74) is 1.81. The Hall–Kier alpha value is -2.56. The number of hydrogen-bond acceptors (Lipinski definition) is 4. The van der Waals surface area contributed by atoms with Crippen LogP contribution in [0.25, 0.3) is 0 Å². The lowest BCUT2D eigenvalue weighted by molar-refractivity contribution is -0.115. The molecule has 0 fully saturated rings. The number of carbonyl (C=O) groups excluding carboxylic acids is 1. The smallest absolute Gasteiger partial charge is 0.230 e. The molecule has 5 heteroatoms. The predicted molar refractivity (Wildman–Crippen MR) is 80.9 cm³/mol. The summed E-state index contributed by atoms with van der Waals surface area (Å²) in [5.74, 6) is 1.72. The van der Waals surface area contributed by atoms with E-state index >= 15 is 0 Å². The highest BCUT2D eigenvalue weighted by Gasteiger charge is 2.11. The number of hydrogen-bond donors (Lipinski definition) is 1. The molecule has 0 saturated carbocycles. The third-order valence-corrected chi connectivity index (χ3v) is 3.02. The number of ether oxygens (including phenoxy) is 2. The molecule has 2 aromatic rings. The third-order valence-electron chi connectivity index (χ3n) is 3.02. The largest absolute Gasteiger partial charge is 0.497 e. The number of methoxy groups -OCH3 is 2. The van der Waals surface area contributed by atoms with Crippen LogP contribution in [0, 0.1) is 6.92 Å². The molecular weight excluding hydrogens is 268 g/mol. The Morgan fingerprint density at radius 3 is 2.62 bits per heavy atom. The molecule has 0 aliphatic rings. The van der Waals surface area contributed by atoms with Crippen LogP contribution in [0.15, 0.2) is 36.5 Å². The Bertz CT molecular complexity index is 624. The summed E-state index contributed by atoms with van der Waals surface area (Å²) in [6, 6.07) is 9.04. The normalized spacial score (nSPS) is 10.0. The van der Waals surface area contributed by atoms with E-state index in [9.17, 15) is 4.79 Å². The fourth-order valence-electron chi connectivity index (χ4n) is 1.92. The zero-order valence-corrected chi connectivity index (χ0v) is 12.3. The lowest BCUT2D eigenvalue weighted by atomic mass is 10.1. The highest BCUT2D eigenvalue weighted by Crippen LogP contribution is 2.24. The van der Waals surface area contributed by atoms with Crippen LogP contribution in [0.1, 0.15) is 11.1 Å². The van der Waals surface area contributed by atoms with Gasteiger partial charge < -0.3 is 14.8 Å². The Kier molecular flexibility index (Phi) is 4.77. The Morgan fingerprint density at radius 1 is 1.19 bits per heavy atom. The maximum atomic E-state index is 12.1. The van der Waals surface area contributed by atoms with E-state index in [4.69, 9.17) is 9.47 Å². The molecule has 110 valence electrons. The number of nitrogens with zero attached hydrogens (tertiary/aromatic N) is 1. The lowest BCUT2D eigenvalue weighted by Gasteiger charge is -2.10. The third kappa shape index (κ3) is 3.95. The van der Waals surface area contributed by atoms with Crippen LogP contribution in [0.3, 0.4) is 0 Å². The predicted octanol–water partition coefficient (Wildman–Crippen LogP) is 2.59. The van der Waals surface area contributed by atoms with E-state index in [-0.39, 0.29) is 12.3 Å². The summed E-state index contributed by atoms with van der Waals surface area (Å²) in [5, 5.41) is 2.76. The van der Waals surface area contributed by atoms with Crippen LogP contribution >= 0.6 is 0 Å². The minimum absolute atomic E-state index is 0.155. The molecular formula is C16H18N2O3. The van der Waals surface area contributed by atoms with E-state index in [2.05, 4.69) is 10.3 Å². The first-order valence-electron chi connectivity index (χ1n) is 6.56. The standard InChI is InChI=1S/C16H18N2O3/c1-11-4-7-15(17-10-11)18-16(19)9-12-8-13(20-2)5-6-14(12)21-3/h4-8,10H,9H2,1-3H3,(H,17,18,19). The van der Waals surface area contributed by atoms with E-state index in [1.165, 1.54) is 0 Å². The molecule has 5 nitrogen and oxygen atoms in total. The summed E-state index contributed by atoms with van der Waals surface area (Å²) in [4.78, 5) is 16.2. The van der Waals surface area contributed by atoms with Crippen molar-refractivity contribution in [1.29, 1.82) is 0 Å². The Labute approximate surface area is 123 Å². The minimum Gasteiger partial charge on any atom is -0.497 e. The Balaban J connectivity index is 2.09. The molecule has 0 aliphatic heterocycles. The SMILES string of the molecule is COc1ccc(OC)c(CC(=O)Nc2ccc(C)cn2)c1. The van der Waals surface area contributed by atoms with Crippen molar-refractivity contribution in [3.8, 4) is 11.5 Å². The molecule has 2 rings (SSSR count). The summed E-state index contributed by atoms with van der Waals surface area (Å²) < 4.78 is 10.4. The van der Waals surface area contributed by atoms with Gasteiger partial charge in [-0.1, -0.05) is 6.07 Å². The van der Waals surface area contributed by atoms with E-state index in [0.29, 0.717) is 17.3 Å². The van der Waals surface area contributed by atoms with Gasteiger partial charge in [0, 0.05) is 11.8 Å². The molecule has 0 bridgehead atoms. The molecule has 1 N–H and O–H groups in total. The van der Waals surface area contributed by atoms with E-state index in [0.717, 1.165) is 11.1 Å². The molecule has 21 heavy (non-hydrogen) atoms. The van der Waals surface area contributed by atoms with Crippen LogP contribution in [-0.4, -0.2) is 25.1 Å². The van der Waals surface area contributed by atoms with Gasteiger partial charge in [-0.2, -0.15) is 0 Å². The van der Waals surface area contributed by atoms with Crippen molar-refractivity contribution >= 4 is 11.7 Å². The van der Waals surface area contributed by atoms with Gasteiger partial charge in [-0.25, -0.2) is 4.98 Å². The Morgan fingerprint density at radius 2 is 2.00 bits per heavy atom. The number of nitrogens with one attached hydrogen (secondary N) is 1. The van der Waals surface area contributed by atoms with Crippen LogP contribution in [0.4, 0.5) is 5.82 Å². The number of carbonyl (C=O) groups is 1. The van der Waals surface area contributed by atoms with Crippen molar-refractivity contribution in [3.05, 3.63) is 47.7 Å². The van der Waals surface area contributed by atoms with Crippen molar-refractivity contribution in [2.24, 2.45) is 0 Å². The second kappa shape index (κ2) is 6.74. The van der Waals surface area contributed by atoms with Gasteiger partial charge in [0.1, 0.15) is 17.3 Å². The van der Waals surface area contributed by atoms with E-state index < -0.39 is 0 Å². The second-order valence-electron chi connectivity index (χ2n) is 4.62. The maximum Gasteiger partial charge on any atom is 0.230 e. The van der Waals surface area contributed by atoms with Crippen molar-refractivity contribution < 1.29 is 14.3 Å². The summed E-state index contributed by atoms with van der Waals surface area (Å²) in [6.45, 7) is 1.94. The number of rotatable bonds is 5. The number of pyridine rings is 1. The van der Waals surface area contributed by atoms with Gasteiger partial charge in [0.25, 0.3) is 0 Å².